The average molecular weight is 247 g/mol. The van der Waals surface area contributed by atoms with Gasteiger partial charge >= 0.3 is 0 Å². The van der Waals surface area contributed by atoms with Crippen molar-refractivity contribution in [2.75, 3.05) is 14.1 Å². The van der Waals surface area contributed by atoms with Crippen molar-refractivity contribution < 1.29 is 10.3 Å². The minimum Gasteiger partial charge on any atom is -0.507 e. The third-order valence-electron chi connectivity index (χ3n) is 2.76. The molecule has 0 fully saturated rings. The van der Waals surface area contributed by atoms with E-state index in [-0.39, 0.29) is 5.75 Å². The maximum atomic E-state index is 10.2. The Morgan fingerprint density at radius 1 is 1.28 bits per heavy atom. The van der Waals surface area contributed by atoms with Gasteiger partial charge in [-0.15, -0.1) is 0 Å². The summed E-state index contributed by atoms with van der Waals surface area (Å²) in [6.45, 7) is 2.43. The molecule has 2 aromatic rings. The Morgan fingerprint density at radius 2 is 1.94 bits per heavy atom. The van der Waals surface area contributed by atoms with Crippen molar-refractivity contribution in [1.29, 1.82) is 0 Å². The second-order valence-corrected chi connectivity index (χ2v) is 4.53. The van der Waals surface area contributed by atoms with E-state index < -0.39 is 0 Å². The van der Waals surface area contributed by atoms with Gasteiger partial charge in [0.2, 0.25) is 0 Å². The van der Waals surface area contributed by atoms with Gasteiger partial charge in [-0.3, -0.25) is 0 Å². The number of benzene rings is 1. The molecule has 0 aliphatic carbocycles. The highest BCUT2D eigenvalue weighted by atomic mass is 16.5. The number of aromatic nitrogens is 2. The molecule has 0 atom stereocenters. The molecule has 5 heteroatoms. The van der Waals surface area contributed by atoms with Crippen molar-refractivity contribution in [2.45, 2.75) is 13.5 Å². The summed E-state index contributed by atoms with van der Waals surface area (Å²) in [5.74, 6) is 0.469. The number of phenolic OH excluding ortho intramolecular Hbond substituents is 1. The number of phenols is 1. The van der Waals surface area contributed by atoms with Gasteiger partial charge in [0.1, 0.15) is 5.75 Å². The summed E-state index contributed by atoms with van der Waals surface area (Å²) in [5, 5.41) is 19.9. The SMILES string of the molecule is Cc1nc(-c2ccccc2O)n(O)c1CN(C)C. The van der Waals surface area contributed by atoms with Crippen LogP contribution < -0.4 is 0 Å². The minimum atomic E-state index is 0.106. The number of rotatable bonds is 3. The zero-order valence-electron chi connectivity index (χ0n) is 10.8. The van der Waals surface area contributed by atoms with Gasteiger partial charge in [0.05, 0.1) is 17.0 Å². The zero-order valence-corrected chi connectivity index (χ0v) is 10.8. The van der Waals surface area contributed by atoms with Crippen LogP contribution in [0.2, 0.25) is 0 Å². The number of nitrogens with zero attached hydrogens (tertiary/aromatic N) is 3. The maximum Gasteiger partial charge on any atom is 0.179 e. The van der Waals surface area contributed by atoms with Gasteiger partial charge in [0, 0.05) is 6.54 Å². The molecule has 1 heterocycles. The molecule has 0 aliphatic rings. The first-order valence-electron chi connectivity index (χ1n) is 5.71. The van der Waals surface area contributed by atoms with Crippen molar-refractivity contribution >= 4 is 0 Å². The van der Waals surface area contributed by atoms with E-state index in [2.05, 4.69) is 4.98 Å². The van der Waals surface area contributed by atoms with E-state index in [9.17, 15) is 10.3 Å². The number of hydrogen-bond acceptors (Lipinski definition) is 4. The van der Waals surface area contributed by atoms with E-state index in [4.69, 9.17) is 0 Å². The molecule has 2 rings (SSSR count). The molecular weight excluding hydrogens is 230 g/mol. The molecule has 18 heavy (non-hydrogen) atoms. The third-order valence-corrected chi connectivity index (χ3v) is 2.76. The van der Waals surface area contributed by atoms with Crippen molar-refractivity contribution in [2.24, 2.45) is 0 Å². The Labute approximate surface area is 106 Å². The number of hydrogen-bond donors (Lipinski definition) is 2. The summed E-state index contributed by atoms with van der Waals surface area (Å²) in [7, 11) is 3.85. The van der Waals surface area contributed by atoms with Crippen LogP contribution in [0.5, 0.6) is 5.75 Å². The van der Waals surface area contributed by atoms with Crippen LogP contribution in [0.25, 0.3) is 11.4 Å². The lowest BCUT2D eigenvalue weighted by molar-refractivity contribution is 0.172. The van der Waals surface area contributed by atoms with Crippen LogP contribution in [-0.4, -0.2) is 39.0 Å². The van der Waals surface area contributed by atoms with Crippen molar-refractivity contribution in [3.05, 3.63) is 35.7 Å². The van der Waals surface area contributed by atoms with Crippen molar-refractivity contribution in [3.63, 3.8) is 0 Å². The molecule has 0 saturated carbocycles. The second-order valence-electron chi connectivity index (χ2n) is 4.53. The molecule has 2 N–H and O–H groups in total. The van der Waals surface area contributed by atoms with Gasteiger partial charge in [0.25, 0.3) is 0 Å². The van der Waals surface area contributed by atoms with Gasteiger partial charge in [0.15, 0.2) is 5.82 Å². The quantitative estimate of drug-likeness (QED) is 0.813. The van der Waals surface area contributed by atoms with E-state index in [0.717, 1.165) is 16.1 Å². The Balaban J connectivity index is 2.51. The van der Waals surface area contributed by atoms with Gasteiger partial charge in [-0.2, -0.15) is 4.73 Å². The molecule has 0 aliphatic heterocycles. The molecule has 0 amide bonds. The molecule has 1 aromatic heterocycles. The lowest BCUT2D eigenvalue weighted by Crippen LogP contribution is -2.14. The average Bonchev–Trinajstić information content (AvgIpc) is 2.57. The predicted molar refractivity (Wildman–Crippen MR) is 68.6 cm³/mol. The largest absolute Gasteiger partial charge is 0.507 e. The monoisotopic (exact) mass is 247 g/mol. The number of aryl methyl sites for hydroxylation is 1. The topological polar surface area (TPSA) is 61.5 Å². The molecule has 1 aromatic carbocycles. The number of aromatic hydroxyl groups is 1. The van der Waals surface area contributed by atoms with E-state index in [1.54, 1.807) is 24.3 Å². The molecule has 0 radical (unpaired) electrons. The number of para-hydroxylation sites is 1. The summed E-state index contributed by atoms with van der Waals surface area (Å²) in [6.07, 6.45) is 0. The first-order chi connectivity index (χ1) is 8.50. The van der Waals surface area contributed by atoms with Gasteiger partial charge in [-0.1, -0.05) is 12.1 Å². The smallest absolute Gasteiger partial charge is 0.179 e. The molecule has 96 valence electrons. The van der Waals surface area contributed by atoms with E-state index in [1.165, 1.54) is 0 Å². The van der Waals surface area contributed by atoms with Gasteiger partial charge in [-0.05, 0) is 33.2 Å². The van der Waals surface area contributed by atoms with Crippen LogP contribution in [0.1, 0.15) is 11.4 Å². The second kappa shape index (κ2) is 4.70. The lowest BCUT2D eigenvalue weighted by Gasteiger charge is -2.10. The van der Waals surface area contributed by atoms with Crippen LogP contribution in [0.4, 0.5) is 0 Å². The van der Waals surface area contributed by atoms with E-state index >= 15 is 0 Å². The van der Waals surface area contributed by atoms with E-state index in [1.807, 2.05) is 25.9 Å². The highest BCUT2D eigenvalue weighted by Crippen LogP contribution is 2.28. The van der Waals surface area contributed by atoms with Crippen LogP contribution in [-0.2, 0) is 6.54 Å². The fraction of sp³-hybridized carbons (Fsp3) is 0.308. The van der Waals surface area contributed by atoms with Crippen molar-refractivity contribution in [3.8, 4) is 17.1 Å². The summed E-state index contributed by atoms with van der Waals surface area (Å²) >= 11 is 0. The molecule has 0 saturated heterocycles. The molecule has 5 nitrogen and oxygen atoms in total. The fourth-order valence-corrected chi connectivity index (χ4v) is 1.87. The Bertz CT molecular complexity index is 561. The Morgan fingerprint density at radius 3 is 2.56 bits per heavy atom. The van der Waals surface area contributed by atoms with E-state index in [0.29, 0.717) is 17.9 Å². The summed E-state index contributed by atoms with van der Waals surface area (Å²) in [6, 6.07) is 6.83. The number of imidazole rings is 1. The molecular formula is C13H17N3O2. The Kier molecular flexibility index (Phi) is 3.25. The minimum absolute atomic E-state index is 0.106. The zero-order chi connectivity index (χ0) is 13.3. The fourth-order valence-electron chi connectivity index (χ4n) is 1.87. The first-order valence-corrected chi connectivity index (χ1v) is 5.71. The summed E-state index contributed by atoms with van der Waals surface area (Å²) < 4.78 is 1.05. The normalized spacial score (nSPS) is 11.1. The van der Waals surface area contributed by atoms with Gasteiger partial charge in [-0.25, -0.2) is 4.98 Å². The first kappa shape index (κ1) is 12.4. The lowest BCUT2D eigenvalue weighted by atomic mass is 10.2. The van der Waals surface area contributed by atoms with Gasteiger partial charge < -0.3 is 15.2 Å². The third kappa shape index (κ3) is 2.17. The molecule has 0 spiro atoms. The highest BCUT2D eigenvalue weighted by Gasteiger charge is 2.17. The van der Waals surface area contributed by atoms with Crippen LogP contribution in [0, 0.1) is 6.92 Å². The van der Waals surface area contributed by atoms with Crippen LogP contribution >= 0.6 is 0 Å². The van der Waals surface area contributed by atoms with Crippen LogP contribution in [0.15, 0.2) is 24.3 Å². The van der Waals surface area contributed by atoms with Crippen molar-refractivity contribution in [1.82, 2.24) is 14.6 Å². The highest BCUT2D eigenvalue weighted by molar-refractivity contribution is 5.64. The predicted octanol–water partition coefficient (Wildman–Crippen LogP) is 1.86. The standard InChI is InChI=1S/C13H17N3O2/c1-9-11(8-15(2)3)16(18)13(14-9)10-6-4-5-7-12(10)17/h4-7,17-18H,8H2,1-3H3. The molecule has 0 unspecified atom stereocenters. The Hall–Kier alpha value is -2.01. The molecule has 0 bridgehead atoms. The summed E-state index contributed by atoms with van der Waals surface area (Å²) in [5.41, 5.74) is 2.00. The van der Waals surface area contributed by atoms with Crippen LogP contribution in [0.3, 0.4) is 0 Å². The maximum absolute atomic E-state index is 10.2. The summed E-state index contributed by atoms with van der Waals surface area (Å²) in [4.78, 5) is 6.27.